The van der Waals surface area contributed by atoms with Crippen molar-refractivity contribution in [3.8, 4) is 0 Å². The average Bonchev–Trinajstić information content (AvgIpc) is 3.43. The second-order valence-corrected chi connectivity index (χ2v) is 11.7. The molecule has 0 radical (unpaired) electrons. The molecule has 8 N–H and O–H groups in total. The Labute approximate surface area is 284 Å². The first kappa shape index (κ1) is 42.3. The molecule has 1 aromatic heterocycles. The number of aromatic nitrogens is 2. The molecular formula is C31H50N6O12. The smallest absolute Gasteiger partial charge is 0.326 e. The summed E-state index contributed by atoms with van der Waals surface area (Å²) in [5, 5.41) is 52.5. The first-order valence-corrected chi connectivity index (χ1v) is 16.5. The second-order valence-electron chi connectivity index (χ2n) is 11.7. The number of hydrogen-bond donors (Lipinski definition) is 8. The van der Waals surface area contributed by atoms with E-state index in [9.17, 15) is 43.8 Å². The molecule has 49 heavy (non-hydrogen) atoms. The minimum atomic E-state index is -1.48. The van der Waals surface area contributed by atoms with Gasteiger partial charge in [-0.25, -0.2) is 19.4 Å². The fraction of sp³-hybridized carbons (Fsp3) is 0.677. The van der Waals surface area contributed by atoms with Gasteiger partial charge in [-0.2, -0.15) is 0 Å². The van der Waals surface area contributed by atoms with Crippen molar-refractivity contribution in [1.29, 1.82) is 0 Å². The SMILES string of the molecule is O=C(O)CC[C@H](NC(=O)N[C@@H](CCCCNC(=O)CCCCCCCCCCN(CC(=O)O)Cc1nccn1CC(=O)O)C(=O)O)C(=O)O. The topological polar surface area (TPSA) is 278 Å². The van der Waals surface area contributed by atoms with Gasteiger partial charge in [0.1, 0.15) is 24.5 Å². The van der Waals surface area contributed by atoms with Gasteiger partial charge < -0.3 is 46.1 Å². The van der Waals surface area contributed by atoms with Crippen LogP contribution in [0.1, 0.15) is 95.7 Å². The molecule has 1 heterocycles. The average molecular weight is 699 g/mol. The van der Waals surface area contributed by atoms with Gasteiger partial charge in [-0.3, -0.25) is 24.1 Å². The highest BCUT2D eigenvalue weighted by atomic mass is 16.4. The van der Waals surface area contributed by atoms with Crippen LogP contribution in [0.4, 0.5) is 4.79 Å². The van der Waals surface area contributed by atoms with Crippen molar-refractivity contribution in [2.45, 2.75) is 115 Å². The number of rotatable bonds is 29. The zero-order valence-corrected chi connectivity index (χ0v) is 27.7. The monoisotopic (exact) mass is 698 g/mol. The van der Waals surface area contributed by atoms with Crippen molar-refractivity contribution < 1.29 is 59.1 Å². The summed E-state index contributed by atoms with van der Waals surface area (Å²) in [6, 6.07) is -3.80. The molecule has 0 saturated heterocycles. The van der Waals surface area contributed by atoms with E-state index in [1.54, 1.807) is 11.1 Å². The highest BCUT2D eigenvalue weighted by Gasteiger charge is 2.24. The molecule has 0 aliphatic rings. The summed E-state index contributed by atoms with van der Waals surface area (Å²) in [4.78, 5) is 85.7. The first-order valence-electron chi connectivity index (χ1n) is 16.5. The lowest BCUT2D eigenvalue weighted by Gasteiger charge is -2.20. The molecule has 0 aliphatic heterocycles. The Bertz CT molecular complexity index is 1220. The van der Waals surface area contributed by atoms with Gasteiger partial charge in [0, 0.05) is 31.8 Å². The summed E-state index contributed by atoms with van der Waals surface area (Å²) < 4.78 is 1.49. The molecule has 0 aromatic carbocycles. The number of nitrogens with zero attached hydrogens (tertiary/aromatic N) is 3. The fourth-order valence-electron chi connectivity index (χ4n) is 5.00. The number of carbonyl (C=O) groups excluding carboxylic acids is 2. The van der Waals surface area contributed by atoms with Gasteiger partial charge in [0.2, 0.25) is 5.91 Å². The number of aliphatic carboxylic acids is 5. The molecule has 0 unspecified atom stereocenters. The molecule has 3 amide bonds. The van der Waals surface area contributed by atoms with Gasteiger partial charge in [-0.05, 0) is 45.1 Å². The van der Waals surface area contributed by atoms with Crippen LogP contribution in [-0.4, -0.2) is 113 Å². The lowest BCUT2D eigenvalue weighted by atomic mass is 10.1. The van der Waals surface area contributed by atoms with Crippen molar-refractivity contribution in [3.63, 3.8) is 0 Å². The maximum atomic E-state index is 12.1. The van der Waals surface area contributed by atoms with E-state index in [-0.39, 0.29) is 38.4 Å². The number of amides is 3. The normalized spacial score (nSPS) is 12.2. The van der Waals surface area contributed by atoms with Crippen LogP contribution < -0.4 is 16.0 Å². The molecule has 1 aromatic rings. The van der Waals surface area contributed by atoms with E-state index in [1.807, 2.05) is 0 Å². The Hall–Kier alpha value is -4.74. The molecule has 1 rings (SSSR count). The van der Waals surface area contributed by atoms with Crippen LogP contribution >= 0.6 is 0 Å². The van der Waals surface area contributed by atoms with Crippen molar-refractivity contribution in [2.75, 3.05) is 19.6 Å². The van der Waals surface area contributed by atoms with Crippen LogP contribution in [0.3, 0.4) is 0 Å². The van der Waals surface area contributed by atoms with Gasteiger partial charge in [0.15, 0.2) is 0 Å². The molecule has 0 bridgehead atoms. The van der Waals surface area contributed by atoms with E-state index >= 15 is 0 Å². The number of carboxylic acid groups (broad SMARTS) is 5. The third-order valence-electron chi connectivity index (χ3n) is 7.55. The Morgan fingerprint density at radius 3 is 1.86 bits per heavy atom. The zero-order chi connectivity index (χ0) is 36.6. The van der Waals surface area contributed by atoms with E-state index in [0.29, 0.717) is 38.2 Å². The number of carboxylic acids is 5. The highest BCUT2D eigenvalue weighted by Crippen LogP contribution is 2.12. The van der Waals surface area contributed by atoms with Crippen molar-refractivity contribution >= 4 is 41.8 Å². The molecule has 2 atom stereocenters. The van der Waals surface area contributed by atoms with Crippen molar-refractivity contribution in [2.24, 2.45) is 0 Å². The first-order chi connectivity index (χ1) is 23.3. The predicted molar refractivity (Wildman–Crippen MR) is 173 cm³/mol. The van der Waals surface area contributed by atoms with Gasteiger partial charge in [0.05, 0.1) is 13.1 Å². The predicted octanol–water partition coefficient (Wildman–Crippen LogP) is 1.72. The van der Waals surface area contributed by atoms with Gasteiger partial charge >= 0.3 is 35.9 Å². The Kier molecular flexibility index (Phi) is 21.1. The summed E-state index contributed by atoms with van der Waals surface area (Å²) in [6.45, 7) is 0.753. The second kappa shape index (κ2) is 24.4. The Morgan fingerprint density at radius 2 is 1.29 bits per heavy atom. The molecule has 18 heteroatoms. The lowest BCUT2D eigenvalue weighted by molar-refractivity contribution is -0.141. The summed E-state index contributed by atoms with van der Waals surface area (Å²) in [5.74, 6) is -5.54. The van der Waals surface area contributed by atoms with Gasteiger partial charge in [0.25, 0.3) is 0 Å². The zero-order valence-electron chi connectivity index (χ0n) is 27.7. The Morgan fingerprint density at radius 1 is 0.694 bits per heavy atom. The summed E-state index contributed by atoms with van der Waals surface area (Å²) >= 11 is 0. The minimum absolute atomic E-state index is 0.0485. The van der Waals surface area contributed by atoms with Crippen LogP contribution in [0.25, 0.3) is 0 Å². The lowest BCUT2D eigenvalue weighted by Crippen LogP contribution is -2.51. The number of hydrogen-bond acceptors (Lipinski definition) is 9. The number of unbranched alkanes of at least 4 members (excludes halogenated alkanes) is 8. The molecule has 0 fully saturated rings. The van der Waals surface area contributed by atoms with Crippen molar-refractivity contribution in [3.05, 3.63) is 18.2 Å². The summed E-state index contributed by atoms with van der Waals surface area (Å²) in [5.41, 5.74) is 0. The summed E-state index contributed by atoms with van der Waals surface area (Å²) in [7, 11) is 0. The van der Waals surface area contributed by atoms with Gasteiger partial charge in [-0.15, -0.1) is 0 Å². The quantitative estimate of drug-likeness (QED) is 0.0554. The molecule has 0 aliphatic carbocycles. The van der Waals surface area contributed by atoms with E-state index in [2.05, 4.69) is 20.9 Å². The van der Waals surface area contributed by atoms with E-state index in [4.69, 9.17) is 15.3 Å². The number of imidazole rings is 1. The van der Waals surface area contributed by atoms with Crippen LogP contribution in [0.15, 0.2) is 12.4 Å². The molecule has 276 valence electrons. The molecule has 0 spiro atoms. The number of carbonyl (C=O) groups is 7. The van der Waals surface area contributed by atoms with Crippen molar-refractivity contribution in [1.82, 2.24) is 30.4 Å². The number of urea groups is 1. The highest BCUT2D eigenvalue weighted by molar-refractivity contribution is 5.86. The summed E-state index contributed by atoms with van der Waals surface area (Å²) in [6.07, 6.45) is 10.9. The van der Waals surface area contributed by atoms with E-state index in [1.165, 1.54) is 10.8 Å². The standard InChI is InChI=1S/C31H50N6O12/c38-25(33-15-9-8-11-22(29(45)46)34-31(49)35-23(30(47)48)13-14-26(39)40)12-7-5-3-1-2-4-6-10-17-36(20-27(41)42)19-24-32-16-18-37(24)21-28(43)44/h16,18,22-23H,1-15,17,19-21H2,(H,33,38)(H,39,40)(H,41,42)(H,43,44)(H,45,46)(H,47,48)(H2,34,35,49)/t22-,23-/m0/s1. The van der Waals surface area contributed by atoms with Crippen LogP contribution in [0, 0.1) is 0 Å². The largest absolute Gasteiger partial charge is 0.481 e. The third-order valence-corrected chi connectivity index (χ3v) is 7.55. The van der Waals surface area contributed by atoms with Crippen LogP contribution in [0.5, 0.6) is 0 Å². The maximum absolute atomic E-state index is 12.1. The van der Waals surface area contributed by atoms with E-state index in [0.717, 1.165) is 51.4 Å². The molecule has 18 nitrogen and oxygen atoms in total. The maximum Gasteiger partial charge on any atom is 0.326 e. The van der Waals surface area contributed by atoms with Gasteiger partial charge in [-0.1, -0.05) is 38.5 Å². The fourth-order valence-corrected chi connectivity index (χ4v) is 5.00. The minimum Gasteiger partial charge on any atom is -0.481 e. The van der Waals surface area contributed by atoms with Crippen LogP contribution in [0.2, 0.25) is 0 Å². The van der Waals surface area contributed by atoms with E-state index < -0.39 is 54.4 Å². The number of nitrogens with one attached hydrogen (secondary N) is 3. The molecular weight excluding hydrogens is 648 g/mol. The third kappa shape index (κ3) is 21.0. The van der Waals surface area contributed by atoms with Crippen LogP contribution in [-0.2, 0) is 41.9 Å². The Balaban J connectivity index is 2.15. The molecule has 0 saturated carbocycles.